The number of aliphatic imine (C=N–C) groups is 1. The molecule has 0 saturated heterocycles. The van der Waals surface area contributed by atoms with Crippen molar-refractivity contribution in [1.82, 2.24) is 9.47 Å². The van der Waals surface area contributed by atoms with E-state index in [-0.39, 0.29) is 17.3 Å². The average molecular weight is 477 g/mol. The summed E-state index contributed by atoms with van der Waals surface area (Å²) in [7, 11) is 0. The number of carbonyl (C=O) groups excluding carboxylic acids is 1. The van der Waals surface area contributed by atoms with Gasteiger partial charge in [0.05, 0.1) is 12.1 Å². The van der Waals surface area contributed by atoms with Crippen LogP contribution in [0.2, 0.25) is 5.02 Å². The van der Waals surface area contributed by atoms with Crippen LogP contribution in [0, 0.1) is 12.3 Å². The number of benzene rings is 2. The smallest absolute Gasteiger partial charge is 0.283 e. The van der Waals surface area contributed by atoms with Crippen LogP contribution >= 0.6 is 23.4 Å². The number of aryl methyl sites for hydroxylation is 1. The fourth-order valence-electron chi connectivity index (χ4n) is 3.90. The molecule has 33 heavy (non-hydrogen) atoms. The molecule has 0 fully saturated rings. The maximum atomic E-state index is 12.7. The van der Waals surface area contributed by atoms with Crippen LogP contribution in [-0.2, 0) is 11.3 Å². The zero-order chi connectivity index (χ0) is 23.1. The van der Waals surface area contributed by atoms with E-state index in [0.717, 1.165) is 32.7 Å². The van der Waals surface area contributed by atoms with Gasteiger partial charge in [0.2, 0.25) is 0 Å². The van der Waals surface area contributed by atoms with E-state index in [1.165, 1.54) is 11.8 Å². The van der Waals surface area contributed by atoms with Gasteiger partial charge < -0.3 is 9.30 Å². The molecule has 8 heteroatoms. The number of para-hydroxylation sites is 1. The summed E-state index contributed by atoms with van der Waals surface area (Å²) >= 11 is 7.50. The number of ether oxygens (including phenoxy) is 1. The largest absolute Gasteiger partial charge is 0.492 e. The monoisotopic (exact) mass is 476 g/mol. The third-order valence-electron chi connectivity index (χ3n) is 5.54. The second-order valence-corrected chi connectivity index (χ2v) is 9.49. The van der Waals surface area contributed by atoms with Crippen molar-refractivity contribution in [3.63, 3.8) is 0 Å². The van der Waals surface area contributed by atoms with E-state index in [2.05, 4.69) is 9.56 Å². The molecule has 0 saturated carbocycles. The van der Waals surface area contributed by atoms with E-state index < -0.39 is 0 Å². The van der Waals surface area contributed by atoms with Crippen LogP contribution in [0.1, 0.15) is 18.1 Å². The fourth-order valence-corrected chi connectivity index (χ4v) is 4.84. The predicted octanol–water partition coefficient (Wildman–Crippen LogP) is 5.85. The number of nitrogens with one attached hydrogen (secondary N) is 1. The highest BCUT2D eigenvalue weighted by Gasteiger charge is 2.33. The Bertz CT molecular complexity index is 1400. The van der Waals surface area contributed by atoms with Gasteiger partial charge in [-0.1, -0.05) is 41.6 Å². The molecule has 0 atom stereocenters. The lowest BCUT2D eigenvalue weighted by Gasteiger charge is -2.22. The Hall–Kier alpha value is -3.29. The SMILES string of the molecule is CC1=CN2C(=N)/C(=C/c3cn(CCOc4ccc(Cl)c(C)c4)c4ccccc34)C(=O)N=C2S1. The normalized spacial score (nSPS) is 16.9. The molecule has 166 valence electrons. The van der Waals surface area contributed by atoms with Crippen LogP contribution < -0.4 is 4.74 Å². The molecule has 0 bridgehead atoms. The van der Waals surface area contributed by atoms with E-state index >= 15 is 0 Å². The number of hydrogen-bond acceptors (Lipinski definition) is 4. The minimum atomic E-state index is -0.389. The number of hydrogen-bond donors (Lipinski definition) is 1. The Kier molecular flexibility index (Phi) is 5.60. The van der Waals surface area contributed by atoms with Crippen LogP contribution in [0.15, 0.2) is 70.3 Å². The summed E-state index contributed by atoms with van der Waals surface area (Å²) in [4.78, 5) is 19.5. The molecule has 2 aliphatic heterocycles. The second-order valence-electron chi connectivity index (χ2n) is 7.87. The van der Waals surface area contributed by atoms with Crippen molar-refractivity contribution in [3.05, 3.63) is 81.5 Å². The minimum absolute atomic E-state index is 0.146. The Morgan fingerprint density at radius 3 is 2.85 bits per heavy atom. The number of halogens is 1. The van der Waals surface area contributed by atoms with Gasteiger partial charge in [0.1, 0.15) is 18.2 Å². The number of amides is 1. The van der Waals surface area contributed by atoms with E-state index in [4.69, 9.17) is 21.7 Å². The van der Waals surface area contributed by atoms with Gasteiger partial charge in [-0.25, -0.2) is 0 Å². The van der Waals surface area contributed by atoms with Crippen molar-refractivity contribution >= 4 is 57.3 Å². The summed E-state index contributed by atoms with van der Waals surface area (Å²) in [6.45, 7) is 4.99. The zero-order valence-electron chi connectivity index (χ0n) is 18.1. The lowest BCUT2D eigenvalue weighted by Crippen LogP contribution is -2.35. The summed E-state index contributed by atoms with van der Waals surface area (Å²) in [5.41, 5.74) is 3.15. The number of nitrogens with zero attached hydrogens (tertiary/aromatic N) is 3. The van der Waals surface area contributed by atoms with Crippen molar-refractivity contribution < 1.29 is 9.53 Å². The highest BCUT2D eigenvalue weighted by atomic mass is 35.5. The molecular weight excluding hydrogens is 456 g/mol. The molecule has 0 radical (unpaired) electrons. The zero-order valence-corrected chi connectivity index (χ0v) is 19.7. The number of aromatic nitrogens is 1. The first-order chi connectivity index (χ1) is 15.9. The van der Waals surface area contributed by atoms with Gasteiger partial charge in [-0.2, -0.15) is 4.99 Å². The van der Waals surface area contributed by atoms with Crippen molar-refractivity contribution in [2.24, 2.45) is 4.99 Å². The first kappa shape index (κ1) is 21.6. The van der Waals surface area contributed by atoms with Crippen LogP contribution in [0.5, 0.6) is 5.75 Å². The van der Waals surface area contributed by atoms with E-state index in [1.807, 2.05) is 68.7 Å². The van der Waals surface area contributed by atoms with Gasteiger partial charge in [-0.05, 0) is 49.8 Å². The number of fused-ring (bicyclic) bond motifs is 2. The van der Waals surface area contributed by atoms with E-state index in [9.17, 15) is 4.79 Å². The fraction of sp³-hybridized carbons (Fsp3) is 0.160. The Morgan fingerprint density at radius 1 is 1.21 bits per heavy atom. The quantitative estimate of drug-likeness (QED) is 0.469. The van der Waals surface area contributed by atoms with Crippen molar-refractivity contribution in [3.8, 4) is 5.75 Å². The van der Waals surface area contributed by atoms with E-state index in [0.29, 0.717) is 23.3 Å². The summed E-state index contributed by atoms with van der Waals surface area (Å²) in [5.74, 6) is 0.533. The maximum Gasteiger partial charge on any atom is 0.283 e. The van der Waals surface area contributed by atoms with E-state index in [1.54, 1.807) is 11.0 Å². The van der Waals surface area contributed by atoms with Gasteiger partial charge in [0.25, 0.3) is 5.91 Å². The molecule has 2 aliphatic rings. The minimum Gasteiger partial charge on any atom is -0.492 e. The van der Waals surface area contributed by atoms with Crippen LogP contribution in [0.25, 0.3) is 17.0 Å². The highest BCUT2D eigenvalue weighted by molar-refractivity contribution is 8.17. The lowest BCUT2D eigenvalue weighted by molar-refractivity contribution is -0.114. The molecule has 1 aromatic heterocycles. The Balaban J connectivity index is 1.42. The summed E-state index contributed by atoms with van der Waals surface area (Å²) in [6.07, 6.45) is 5.60. The third-order valence-corrected chi connectivity index (χ3v) is 6.86. The predicted molar refractivity (Wildman–Crippen MR) is 135 cm³/mol. The highest BCUT2D eigenvalue weighted by Crippen LogP contribution is 2.33. The van der Waals surface area contributed by atoms with Crippen LogP contribution in [0.4, 0.5) is 0 Å². The van der Waals surface area contributed by atoms with Gasteiger partial charge in [0.15, 0.2) is 5.17 Å². The topological polar surface area (TPSA) is 70.7 Å². The molecule has 6 nitrogen and oxygen atoms in total. The summed E-state index contributed by atoms with van der Waals surface area (Å²) in [5, 5.41) is 10.8. The molecule has 0 unspecified atom stereocenters. The number of carbonyl (C=O) groups is 1. The molecule has 2 aromatic carbocycles. The maximum absolute atomic E-state index is 12.7. The van der Waals surface area contributed by atoms with Gasteiger partial charge in [-0.3, -0.25) is 15.1 Å². The van der Waals surface area contributed by atoms with Gasteiger partial charge in [0, 0.05) is 38.8 Å². The second kappa shape index (κ2) is 8.57. The molecule has 0 spiro atoms. The number of amidine groups is 2. The van der Waals surface area contributed by atoms with Crippen molar-refractivity contribution in [2.45, 2.75) is 20.4 Å². The molecule has 5 rings (SSSR count). The van der Waals surface area contributed by atoms with Crippen molar-refractivity contribution in [2.75, 3.05) is 6.61 Å². The first-order valence-corrected chi connectivity index (χ1v) is 11.7. The van der Waals surface area contributed by atoms with Gasteiger partial charge >= 0.3 is 0 Å². The van der Waals surface area contributed by atoms with Crippen LogP contribution in [-0.4, -0.2) is 33.0 Å². The molecule has 3 aromatic rings. The van der Waals surface area contributed by atoms with Crippen LogP contribution in [0.3, 0.4) is 0 Å². The lowest BCUT2D eigenvalue weighted by atomic mass is 10.1. The van der Waals surface area contributed by atoms with Gasteiger partial charge in [-0.15, -0.1) is 0 Å². The first-order valence-electron chi connectivity index (χ1n) is 10.5. The standard InChI is InChI=1S/C25H21ClN4O2S/c1-15-11-18(7-8-21(15)26)32-10-9-29-14-17(19-5-3-4-6-22(19)29)12-20-23(27)30-13-16(2)33-25(30)28-24(20)31/h3-8,11-14,27H,9-10H2,1-2H3/b20-12-,27-23?. The molecular formula is C25H21ClN4O2S. The van der Waals surface area contributed by atoms with Crippen molar-refractivity contribution in [1.29, 1.82) is 5.41 Å². The Morgan fingerprint density at radius 2 is 2.03 bits per heavy atom. The molecule has 3 heterocycles. The summed E-state index contributed by atoms with van der Waals surface area (Å²) in [6, 6.07) is 13.6. The molecule has 1 N–H and O–H groups in total. The summed E-state index contributed by atoms with van der Waals surface area (Å²) < 4.78 is 8.03. The average Bonchev–Trinajstić information content (AvgIpc) is 3.34. The Labute approximate surface area is 200 Å². The number of rotatable bonds is 5. The molecule has 1 amide bonds. The molecule has 0 aliphatic carbocycles. The number of allylic oxidation sites excluding steroid dienone is 1. The third kappa shape index (κ3) is 4.10. The number of thioether (sulfide) groups is 1.